The highest BCUT2D eigenvalue weighted by Crippen LogP contribution is 2.36. The van der Waals surface area contributed by atoms with E-state index in [0.717, 1.165) is 11.6 Å². The zero-order valence-electron chi connectivity index (χ0n) is 9.82. The number of rotatable bonds is 4. The lowest BCUT2D eigenvalue weighted by Crippen LogP contribution is -2.36. The molecule has 1 aromatic carbocycles. The van der Waals surface area contributed by atoms with Gasteiger partial charge in [-0.3, -0.25) is 4.79 Å². The molecule has 0 spiro atoms. The van der Waals surface area contributed by atoms with Crippen molar-refractivity contribution in [1.29, 1.82) is 0 Å². The van der Waals surface area contributed by atoms with Crippen LogP contribution in [0.25, 0.3) is 0 Å². The van der Waals surface area contributed by atoms with Crippen molar-refractivity contribution in [3.8, 4) is 0 Å². The molecule has 0 aliphatic heterocycles. The molecule has 0 unspecified atom stereocenters. The molecule has 6 heteroatoms. The van der Waals surface area contributed by atoms with Gasteiger partial charge in [0.1, 0.15) is 0 Å². The van der Waals surface area contributed by atoms with Crippen molar-refractivity contribution in [3.63, 3.8) is 0 Å². The summed E-state index contributed by atoms with van der Waals surface area (Å²) in [6.07, 6.45) is -2.70. The third-order valence-corrected chi connectivity index (χ3v) is 3.20. The Morgan fingerprint density at radius 1 is 1.33 bits per heavy atom. The maximum absolute atomic E-state index is 13.7. The highest BCUT2D eigenvalue weighted by molar-refractivity contribution is 9.10. The van der Waals surface area contributed by atoms with Crippen LogP contribution in [0.5, 0.6) is 0 Å². The number of alkyl halides is 2. The van der Waals surface area contributed by atoms with Gasteiger partial charge in [0.05, 0.1) is 0 Å². The molecule has 100 valence electrons. The monoisotopic (exact) mass is 322 g/mol. The first-order valence-corrected chi connectivity index (χ1v) is 6.05. The molecule has 2 N–H and O–H groups in total. The van der Waals surface area contributed by atoms with E-state index in [9.17, 15) is 13.6 Å². The molecule has 0 aliphatic rings. The van der Waals surface area contributed by atoms with E-state index in [1.54, 1.807) is 0 Å². The molecular weight excluding hydrogens is 310 g/mol. The summed E-state index contributed by atoms with van der Waals surface area (Å²) in [5.74, 6) is -5.73. The van der Waals surface area contributed by atoms with Crippen molar-refractivity contribution < 1.29 is 23.8 Å². The first-order chi connectivity index (χ1) is 8.17. The summed E-state index contributed by atoms with van der Waals surface area (Å²) in [7, 11) is 0. The Balaban J connectivity index is 3.22. The predicted molar refractivity (Wildman–Crippen MR) is 65.4 cm³/mol. The summed E-state index contributed by atoms with van der Waals surface area (Å²) in [5.41, 5.74) is 0.253. The molecule has 3 nitrogen and oxygen atoms in total. The van der Waals surface area contributed by atoms with Gasteiger partial charge in [-0.15, -0.1) is 0 Å². The average molecular weight is 323 g/mol. The lowest BCUT2D eigenvalue weighted by Gasteiger charge is -2.18. The summed E-state index contributed by atoms with van der Waals surface area (Å²) in [6.45, 7) is 3.81. The number of Topliss-reactive ketones (excluding diaryl/α,β-unsaturated/α-hetero) is 1. The molecule has 0 radical (unpaired) electrons. The van der Waals surface area contributed by atoms with E-state index in [4.69, 9.17) is 10.2 Å². The Hall–Kier alpha value is -0.850. The van der Waals surface area contributed by atoms with Gasteiger partial charge in [-0.05, 0) is 17.5 Å². The minimum absolute atomic E-state index is 0.0627. The summed E-state index contributed by atoms with van der Waals surface area (Å²) in [6, 6.07) is 4.08. The molecule has 0 atom stereocenters. The SMILES string of the molecule is CC(C)c1ccc(C(F)(F)C(=O)C(O)O)c(Br)c1. The molecule has 0 aromatic heterocycles. The smallest absolute Gasteiger partial charge is 0.336 e. The highest BCUT2D eigenvalue weighted by Gasteiger charge is 2.45. The minimum Gasteiger partial charge on any atom is -0.362 e. The standard InChI is InChI=1S/C12H13BrF2O3/c1-6(2)7-3-4-8(9(13)5-7)12(14,15)10(16)11(17)18/h3-6,11,17-18H,1-2H3. The summed E-state index contributed by atoms with van der Waals surface area (Å²) in [4.78, 5) is 11.1. The zero-order valence-corrected chi connectivity index (χ0v) is 11.4. The molecule has 0 amide bonds. The quantitative estimate of drug-likeness (QED) is 0.837. The topological polar surface area (TPSA) is 57.5 Å². The van der Waals surface area contributed by atoms with Crippen LogP contribution in [0.2, 0.25) is 0 Å². The fourth-order valence-electron chi connectivity index (χ4n) is 1.44. The highest BCUT2D eigenvalue weighted by atomic mass is 79.9. The van der Waals surface area contributed by atoms with Gasteiger partial charge in [0, 0.05) is 10.0 Å². The van der Waals surface area contributed by atoms with Crippen molar-refractivity contribution in [2.75, 3.05) is 0 Å². The molecule has 1 aromatic rings. The molecule has 0 heterocycles. The Labute approximate surface area is 112 Å². The lowest BCUT2D eigenvalue weighted by molar-refractivity contribution is -0.171. The maximum Gasteiger partial charge on any atom is 0.336 e. The van der Waals surface area contributed by atoms with Crippen molar-refractivity contribution in [1.82, 2.24) is 0 Å². The average Bonchev–Trinajstić information content (AvgIpc) is 2.27. The Bertz CT molecular complexity index is 459. The first-order valence-electron chi connectivity index (χ1n) is 5.26. The van der Waals surface area contributed by atoms with Crippen LogP contribution in [-0.2, 0) is 10.7 Å². The molecule has 1 rings (SSSR count). The number of aliphatic hydroxyl groups is 2. The molecule has 0 saturated carbocycles. The van der Waals surface area contributed by atoms with Crippen molar-refractivity contribution in [2.45, 2.75) is 32.0 Å². The van der Waals surface area contributed by atoms with Crippen molar-refractivity contribution in [3.05, 3.63) is 33.8 Å². The van der Waals surface area contributed by atoms with E-state index >= 15 is 0 Å². The zero-order chi connectivity index (χ0) is 14.1. The van der Waals surface area contributed by atoms with Crippen LogP contribution in [0.3, 0.4) is 0 Å². The normalized spacial score (nSPS) is 12.3. The summed E-state index contributed by atoms with van der Waals surface area (Å²) >= 11 is 2.97. The Morgan fingerprint density at radius 3 is 2.28 bits per heavy atom. The predicted octanol–water partition coefficient (Wildman–Crippen LogP) is 2.54. The maximum atomic E-state index is 13.7. The Kier molecular flexibility index (Phi) is 4.58. The van der Waals surface area contributed by atoms with Gasteiger partial charge in [0.15, 0.2) is 0 Å². The number of hydrogen-bond donors (Lipinski definition) is 2. The molecular formula is C12H13BrF2O3. The van der Waals surface area contributed by atoms with Gasteiger partial charge < -0.3 is 10.2 Å². The number of ketones is 1. The number of halogens is 3. The van der Waals surface area contributed by atoms with Gasteiger partial charge in [-0.2, -0.15) is 8.78 Å². The van der Waals surface area contributed by atoms with Crippen molar-refractivity contribution in [2.24, 2.45) is 0 Å². The van der Waals surface area contributed by atoms with Crippen LogP contribution >= 0.6 is 15.9 Å². The van der Waals surface area contributed by atoms with E-state index in [0.29, 0.717) is 0 Å². The third kappa shape index (κ3) is 2.93. The first kappa shape index (κ1) is 15.2. The van der Waals surface area contributed by atoms with Gasteiger partial charge >= 0.3 is 5.92 Å². The second-order valence-corrected chi connectivity index (χ2v) is 5.06. The molecule has 0 bridgehead atoms. The summed E-state index contributed by atoms with van der Waals surface area (Å²) in [5, 5.41) is 17.1. The fraction of sp³-hybridized carbons (Fsp3) is 0.417. The second kappa shape index (κ2) is 5.42. The van der Waals surface area contributed by atoms with Crippen LogP contribution in [0.15, 0.2) is 22.7 Å². The largest absolute Gasteiger partial charge is 0.362 e. The lowest BCUT2D eigenvalue weighted by atomic mass is 9.98. The van der Waals surface area contributed by atoms with Crippen LogP contribution in [0.4, 0.5) is 8.78 Å². The molecule has 0 saturated heterocycles. The Morgan fingerprint density at radius 2 is 1.89 bits per heavy atom. The number of aliphatic hydroxyl groups excluding tert-OH is 1. The van der Waals surface area contributed by atoms with E-state index in [1.165, 1.54) is 12.1 Å². The van der Waals surface area contributed by atoms with E-state index in [1.807, 2.05) is 13.8 Å². The molecule has 0 fully saturated rings. The van der Waals surface area contributed by atoms with Crippen LogP contribution in [0.1, 0.15) is 30.9 Å². The van der Waals surface area contributed by atoms with Crippen molar-refractivity contribution >= 4 is 21.7 Å². The van der Waals surface area contributed by atoms with Gasteiger partial charge in [-0.25, -0.2) is 0 Å². The van der Waals surface area contributed by atoms with E-state index in [2.05, 4.69) is 15.9 Å². The second-order valence-electron chi connectivity index (χ2n) is 4.21. The number of benzene rings is 1. The van der Waals surface area contributed by atoms with Crippen LogP contribution < -0.4 is 0 Å². The van der Waals surface area contributed by atoms with Gasteiger partial charge in [0.2, 0.25) is 6.29 Å². The summed E-state index contributed by atoms with van der Waals surface area (Å²) < 4.78 is 27.5. The third-order valence-electron chi connectivity index (χ3n) is 2.54. The van der Waals surface area contributed by atoms with Crippen LogP contribution in [-0.4, -0.2) is 22.3 Å². The fourth-order valence-corrected chi connectivity index (χ4v) is 2.09. The van der Waals surface area contributed by atoms with Gasteiger partial charge in [0.25, 0.3) is 5.78 Å². The van der Waals surface area contributed by atoms with E-state index < -0.39 is 23.6 Å². The molecule has 0 aliphatic carbocycles. The number of carbonyl (C=O) groups excluding carboxylic acids is 1. The van der Waals surface area contributed by atoms with Gasteiger partial charge in [-0.1, -0.05) is 41.9 Å². The number of hydrogen-bond acceptors (Lipinski definition) is 3. The number of carbonyl (C=O) groups is 1. The van der Waals surface area contributed by atoms with Crippen LogP contribution in [0, 0.1) is 0 Å². The van der Waals surface area contributed by atoms with E-state index in [-0.39, 0.29) is 10.4 Å². The minimum atomic E-state index is -3.94. The molecule has 18 heavy (non-hydrogen) atoms.